The first-order valence-corrected chi connectivity index (χ1v) is 10.0. The minimum Gasteiger partial charge on any atom is -0.507 e. The molecule has 2 aromatic rings. The van der Waals surface area contributed by atoms with Gasteiger partial charge in [0, 0.05) is 11.4 Å². The van der Waals surface area contributed by atoms with Gasteiger partial charge in [0.05, 0.1) is 24.3 Å². The maximum absolute atomic E-state index is 13.8. The van der Waals surface area contributed by atoms with E-state index in [-0.39, 0.29) is 16.9 Å². The lowest BCUT2D eigenvalue weighted by molar-refractivity contribution is -0.139. The van der Waals surface area contributed by atoms with E-state index in [1.165, 1.54) is 35.5 Å². The van der Waals surface area contributed by atoms with E-state index in [2.05, 4.69) is 0 Å². The Hall–Kier alpha value is -2.71. The van der Waals surface area contributed by atoms with Gasteiger partial charge in [-0.25, -0.2) is 4.39 Å². The maximum Gasteiger partial charge on any atom is 0.295 e. The van der Waals surface area contributed by atoms with E-state index in [0.29, 0.717) is 13.0 Å². The average Bonchev–Trinajstić information content (AvgIpc) is 3.29. The van der Waals surface area contributed by atoms with Gasteiger partial charge in [0.1, 0.15) is 17.3 Å². The number of ether oxygens (including phenoxy) is 1. The Balaban J connectivity index is 2.10. The van der Waals surface area contributed by atoms with Crippen LogP contribution in [0.3, 0.4) is 0 Å². The van der Waals surface area contributed by atoms with Gasteiger partial charge in [-0.1, -0.05) is 6.07 Å². The fourth-order valence-electron chi connectivity index (χ4n) is 3.42. The number of thiophene rings is 1. The number of hydrogen-bond acceptors (Lipinski definition) is 6. The second kappa shape index (κ2) is 8.75. The Morgan fingerprint density at radius 3 is 2.69 bits per heavy atom. The number of nitrogens with zero attached hydrogens (tertiary/aromatic N) is 2. The largest absolute Gasteiger partial charge is 0.507 e. The van der Waals surface area contributed by atoms with Crippen LogP contribution in [0.5, 0.6) is 5.75 Å². The van der Waals surface area contributed by atoms with E-state index in [1.54, 1.807) is 0 Å². The van der Waals surface area contributed by atoms with Crippen molar-refractivity contribution in [3.63, 3.8) is 0 Å². The number of ketones is 1. The molecule has 1 N–H and O–H groups in total. The van der Waals surface area contributed by atoms with Crippen LogP contribution in [0.2, 0.25) is 0 Å². The van der Waals surface area contributed by atoms with Crippen LogP contribution in [-0.2, 0) is 9.59 Å². The quantitative estimate of drug-likeness (QED) is 0.425. The van der Waals surface area contributed by atoms with E-state index in [1.807, 2.05) is 36.5 Å². The van der Waals surface area contributed by atoms with Crippen molar-refractivity contribution in [2.75, 3.05) is 34.3 Å². The van der Waals surface area contributed by atoms with Crippen molar-refractivity contribution in [1.82, 2.24) is 9.80 Å². The summed E-state index contributed by atoms with van der Waals surface area (Å²) < 4.78 is 19.1. The van der Waals surface area contributed by atoms with E-state index in [9.17, 15) is 19.1 Å². The summed E-state index contributed by atoms with van der Waals surface area (Å²) in [5.74, 6) is -2.25. The van der Waals surface area contributed by atoms with Gasteiger partial charge in [0.2, 0.25) is 0 Å². The molecule has 154 valence electrons. The van der Waals surface area contributed by atoms with Gasteiger partial charge in [-0.2, -0.15) is 0 Å². The molecule has 1 aliphatic heterocycles. The maximum atomic E-state index is 13.8. The molecule has 0 radical (unpaired) electrons. The molecule has 1 saturated heterocycles. The summed E-state index contributed by atoms with van der Waals surface area (Å²) in [5, 5.41) is 12.8. The molecule has 1 amide bonds. The monoisotopic (exact) mass is 418 g/mol. The minimum atomic E-state index is -0.780. The molecule has 29 heavy (non-hydrogen) atoms. The molecule has 1 atom stereocenters. The molecule has 2 heterocycles. The van der Waals surface area contributed by atoms with Crippen molar-refractivity contribution in [2.24, 2.45) is 0 Å². The highest BCUT2D eigenvalue weighted by Crippen LogP contribution is 2.42. The molecule has 8 heteroatoms. The van der Waals surface area contributed by atoms with Gasteiger partial charge in [0.25, 0.3) is 11.7 Å². The van der Waals surface area contributed by atoms with Crippen molar-refractivity contribution in [3.8, 4) is 5.75 Å². The van der Waals surface area contributed by atoms with Crippen LogP contribution >= 0.6 is 11.3 Å². The number of likely N-dealkylation sites (tertiary alicyclic amines) is 1. The Labute approximate surface area is 172 Å². The fraction of sp³-hybridized carbons (Fsp3) is 0.333. The highest BCUT2D eigenvalue weighted by molar-refractivity contribution is 7.10. The van der Waals surface area contributed by atoms with Gasteiger partial charge >= 0.3 is 0 Å². The summed E-state index contributed by atoms with van der Waals surface area (Å²) in [6.45, 7) is 1.11. The fourth-order valence-corrected chi connectivity index (χ4v) is 4.27. The lowest BCUT2D eigenvalue weighted by Gasteiger charge is -2.24. The third-order valence-electron chi connectivity index (χ3n) is 4.77. The topological polar surface area (TPSA) is 70.1 Å². The van der Waals surface area contributed by atoms with Crippen molar-refractivity contribution >= 4 is 28.8 Å². The summed E-state index contributed by atoms with van der Waals surface area (Å²) >= 11 is 1.39. The molecule has 1 aliphatic rings. The Morgan fingerprint density at radius 1 is 1.31 bits per heavy atom. The van der Waals surface area contributed by atoms with Crippen molar-refractivity contribution in [1.29, 1.82) is 0 Å². The molecular weight excluding hydrogens is 395 g/mol. The van der Waals surface area contributed by atoms with Gasteiger partial charge in [-0.15, -0.1) is 11.3 Å². The zero-order valence-electron chi connectivity index (χ0n) is 16.5. The molecule has 1 fully saturated rings. The SMILES string of the molecule is COc1ccc(F)cc1C(O)=C1C(=O)C(=O)N(CCCN(C)C)[C@H]1c1cccs1. The van der Waals surface area contributed by atoms with Crippen LogP contribution in [0, 0.1) is 5.82 Å². The van der Waals surface area contributed by atoms with Crippen LogP contribution in [0.15, 0.2) is 41.3 Å². The molecule has 3 rings (SSSR count). The number of halogens is 1. The molecule has 0 spiro atoms. The zero-order chi connectivity index (χ0) is 21.1. The summed E-state index contributed by atoms with van der Waals surface area (Å²) in [4.78, 5) is 29.9. The number of rotatable bonds is 7. The smallest absolute Gasteiger partial charge is 0.295 e. The van der Waals surface area contributed by atoms with Crippen molar-refractivity contribution in [2.45, 2.75) is 12.5 Å². The molecule has 1 aromatic carbocycles. The molecule has 0 bridgehead atoms. The zero-order valence-corrected chi connectivity index (χ0v) is 17.3. The molecule has 0 saturated carbocycles. The predicted octanol–water partition coefficient (Wildman–Crippen LogP) is 3.27. The van der Waals surface area contributed by atoms with Gasteiger partial charge in [0.15, 0.2) is 0 Å². The Morgan fingerprint density at radius 2 is 2.07 bits per heavy atom. The second-order valence-electron chi connectivity index (χ2n) is 7.01. The van der Waals surface area contributed by atoms with Gasteiger partial charge < -0.3 is 19.6 Å². The molecule has 0 aliphatic carbocycles. The van der Waals surface area contributed by atoms with Crippen LogP contribution in [0.1, 0.15) is 22.9 Å². The first-order valence-electron chi connectivity index (χ1n) is 9.15. The lowest BCUT2D eigenvalue weighted by atomic mass is 9.99. The lowest BCUT2D eigenvalue weighted by Crippen LogP contribution is -2.32. The predicted molar refractivity (Wildman–Crippen MR) is 109 cm³/mol. The standard InChI is InChI=1S/C21H23FN2O4S/c1-23(2)9-5-10-24-18(16-6-4-11-29-16)17(20(26)21(24)27)19(25)14-12-13(22)7-8-15(14)28-3/h4,6-8,11-12,18,25H,5,9-10H2,1-3H3/t18-/m0/s1. The van der Waals surface area contributed by atoms with E-state index < -0.39 is 29.3 Å². The number of benzene rings is 1. The molecule has 6 nitrogen and oxygen atoms in total. The Bertz CT molecular complexity index is 940. The molecule has 0 unspecified atom stereocenters. The first-order chi connectivity index (χ1) is 13.8. The van der Waals surface area contributed by atoms with Gasteiger partial charge in [-0.05, 0) is 56.7 Å². The number of aliphatic hydroxyl groups is 1. The molecule has 1 aromatic heterocycles. The number of amides is 1. The highest BCUT2D eigenvalue weighted by Gasteiger charge is 2.46. The van der Waals surface area contributed by atoms with Crippen LogP contribution in [0.25, 0.3) is 5.76 Å². The summed E-state index contributed by atoms with van der Waals surface area (Å²) in [7, 11) is 5.25. The van der Waals surface area contributed by atoms with E-state index in [0.717, 1.165) is 17.5 Å². The van der Waals surface area contributed by atoms with Crippen LogP contribution in [-0.4, -0.2) is 60.9 Å². The summed E-state index contributed by atoms with van der Waals surface area (Å²) in [6.07, 6.45) is 0.672. The number of carbonyl (C=O) groups is 2. The Kier molecular flexibility index (Phi) is 6.34. The summed E-state index contributed by atoms with van der Waals surface area (Å²) in [5.41, 5.74) is -0.00782. The van der Waals surface area contributed by atoms with Crippen molar-refractivity contribution in [3.05, 3.63) is 57.5 Å². The van der Waals surface area contributed by atoms with Crippen LogP contribution in [0.4, 0.5) is 4.39 Å². The first kappa shape index (κ1) is 21.0. The summed E-state index contributed by atoms with van der Waals surface area (Å²) in [6, 6.07) is 6.59. The minimum absolute atomic E-state index is 0.0420. The van der Waals surface area contributed by atoms with Crippen molar-refractivity contribution < 1.29 is 23.8 Å². The normalized spacial score (nSPS) is 18.7. The second-order valence-corrected chi connectivity index (χ2v) is 7.99. The average molecular weight is 418 g/mol. The molecular formula is C21H23FN2O4S. The van der Waals surface area contributed by atoms with Gasteiger partial charge in [-0.3, -0.25) is 9.59 Å². The number of aliphatic hydroxyl groups excluding tert-OH is 1. The van der Waals surface area contributed by atoms with Crippen LogP contribution < -0.4 is 4.74 Å². The third-order valence-corrected chi connectivity index (χ3v) is 5.70. The van der Waals surface area contributed by atoms with E-state index in [4.69, 9.17) is 4.74 Å². The number of Topliss-reactive ketones (excluding diaryl/α,β-unsaturated/α-hetero) is 1. The number of carbonyl (C=O) groups excluding carboxylic acids is 2. The third kappa shape index (κ3) is 4.18. The van der Waals surface area contributed by atoms with E-state index >= 15 is 0 Å². The number of hydrogen-bond donors (Lipinski definition) is 1. The highest BCUT2D eigenvalue weighted by atomic mass is 32.1. The number of methoxy groups -OCH3 is 1.